The molecule has 0 saturated carbocycles. The smallest absolute Gasteiger partial charge is 0.240 e. The fourth-order valence-corrected chi connectivity index (χ4v) is 2.70. The van der Waals surface area contributed by atoms with E-state index < -0.39 is 0 Å². The summed E-state index contributed by atoms with van der Waals surface area (Å²) in [6.07, 6.45) is 6.84. The van der Waals surface area contributed by atoms with Gasteiger partial charge in [0.1, 0.15) is 22.9 Å². The molecule has 0 heterocycles. The summed E-state index contributed by atoms with van der Waals surface area (Å²) in [7, 11) is 3.10. The lowest BCUT2D eigenvalue weighted by Gasteiger charge is -2.08. The molecule has 134 valence electrons. The molecule has 0 radical (unpaired) electrons. The first-order valence-corrected chi connectivity index (χ1v) is 8.21. The average molecular weight is 352 g/mol. The maximum absolute atomic E-state index is 10.4. The summed E-state index contributed by atoms with van der Waals surface area (Å²) < 4.78 is 10.5. The number of carbonyl (C=O) groups excluding carboxylic acids is 2. The highest BCUT2D eigenvalue weighted by molar-refractivity contribution is 5.59. The molecular formula is C20H20N2O4. The minimum Gasteiger partial charge on any atom is -0.494 e. The van der Waals surface area contributed by atoms with Crippen LogP contribution in [0.5, 0.6) is 11.5 Å². The van der Waals surface area contributed by atoms with Gasteiger partial charge < -0.3 is 9.47 Å². The van der Waals surface area contributed by atoms with Gasteiger partial charge in [-0.1, -0.05) is 12.1 Å². The Kier molecular flexibility index (Phi) is 7.31. The first-order valence-electron chi connectivity index (χ1n) is 8.21. The SMILES string of the molecule is COc1cc(CCCCc2ccc(N=C=O)c(OC)c2)ccc1N=C=O. The van der Waals surface area contributed by atoms with E-state index >= 15 is 0 Å². The molecule has 2 aromatic rings. The van der Waals surface area contributed by atoms with E-state index in [2.05, 4.69) is 9.98 Å². The molecule has 0 atom stereocenters. The van der Waals surface area contributed by atoms with E-state index in [9.17, 15) is 9.59 Å². The Balaban J connectivity index is 1.92. The summed E-state index contributed by atoms with van der Waals surface area (Å²) in [5.41, 5.74) is 3.22. The lowest BCUT2D eigenvalue weighted by atomic mass is 10.0. The fraction of sp³-hybridized carbons (Fsp3) is 0.300. The van der Waals surface area contributed by atoms with Crippen molar-refractivity contribution >= 4 is 23.5 Å². The molecule has 0 spiro atoms. The standard InChI is InChI=1S/C20H20N2O4/c1-25-19-11-15(7-9-17(19)21-13-23)5-3-4-6-16-8-10-18(22-14-24)20(12-16)26-2/h7-12H,3-6H2,1-2H3. The lowest BCUT2D eigenvalue weighted by Crippen LogP contribution is -1.92. The topological polar surface area (TPSA) is 77.3 Å². The second-order valence-corrected chi connectivity index (χ2v) is 5.63. The molecule has 6 heteroatoms. The summed E-state index contributed by atoms with van der Waals surface area (Å²) in [5.74, 6) is 1.14. The fourth-order valence-electron chi connectivity index (χ4n) is 2.70. The van der Waals surface area contributed by atoms with E-state index in [1.54, 1.807) is 26.4 Å². The second kappa shape index (κ2) is 9.94. The Morgan fingerprint density at radius 2 is 1.19 bits per heavy atom. The number of rotatable bonds is 9. The Labute approximate surface area is 152 Å². The van der Waals surface area contributed by atoms with Crippen LogP contribution in [0.2, 0.25) is 0 Å². The number of benzene rings is 2. The third kappa shape index (κ3) is 5.15. The van der Waals surface area contributed by atoms with Gasteiger partial charge in [-0.25, -0.2) is 9.59 Å². The summed E-state index contributed by atoms with van der Waals surface area (Å²) in [6, 6.07) is 11.2. The number of hydrogen-bond donors (Lipinski definition) is 0. The van der Waals surface area contributed by atoms with Gasteiger partial charge in [-0.3, -0.25) is 0 Å². The third-order valence-electron chi connectivity index (χ3n) is 4.00. The van der Waals surface area contributed by atoms with Crippen LogP contribution in [0, 0.1) is 0 Å². The molecule has 6 nitrogen and oxygen atoms in total. The predicted octanol–water partition coefficient (Wildman–Crippen LogP) is 4.20. The molecule has 0 saturated heterocycles. The maximum Gasteiger partial charge on any atom is 0.240 e. The minimum atomic E-state index is 0.483. The van der Waals surface area contributed by atoms with Crippen LogP contribution in [0.15, 0.2) is 46.4 Å². The van der Waals surface area contributed by atoms with E-state index in [4.69, 9.17) is 9.47 Å². The molecule has 26 heavy (non-hydrogen) atoms. The van der Waals surface area contributed by atoms with Gasteiger partial charge in [0.15, 0.2) is 0 Å². The quantitative estimate of drug-likeness (QED) is 0.385. The summed E-state index contributed by atoms with van der Waals surface area (Å²) in [5, 5.41) is 0. The number of aliphatic imine (C=N–C) groups is 2. The zero-order valence-electron chi connectivity index (χ0n) is 14.8. The van der Waals surface area contributed by atoms with E-state index in [0.717, 1.165) is 36.8 Å². The highest BCUT2D eigenvalue weighted by Gasteiger charge is 2.06. The molecule has 0 aromatic heterocycles. The minimum absolute atomic E-state index is 0.483. The van der Waals surface area contributed by atoms with Crippen molar-refractivity contribution in [3.63, 3.8) is 0 Å². The van der Waals surface area contributed by atoms with Gasteiger partial charge in [0.05, 0.1) is 14.2 Å². The normalized spacial score (nSPS) is 9.77. The zero-order chi connectivity index (χ0) is 18.8. The predicted molar refractivity (Wildman–Crippen MR) is 98.2 cm³/mol. The highest BCUT2D eigenvalue weighted by atomic mass is 16.5. The van der Waals surface area contributed by atoms with Gasteiger partial charge in [0, 0.05) is 0 Å². The molecule has 0 N–H and O–H groups in total. The second-order valence-electron chi connectivity index (χ2n) is 5.63. The van der Waals surface area contributed by atoms with Crippen molar-refractivity contribution in [1.82, 2.24) is 0 Å². The van der Waals surface area contributed by atoms with Crippen LogP contribution in [0.3, 0.4) is 0 Å². The van der Waals surface area contributed by atoms with Gasteiger partial charge in [-0.2, -0.15) is 9.98 Å². The summed E-state index contributed by atoms with van der Waals surface area (Å²) in [4.78, 5) is 28.0. The molecule has 0 fully saturated rings. The summed E-state index contributed by atoms with van der Waals surface area (Å²) in [6.45, 7) is 0. The molecular weight excluding hydrogens is 332 g/mol. The van der Waals surface area contributed by atoms with Crippen molar-refractivity contribution in [2.45, 2.75) is 25.7 Å². The Bertz CT molecular complexity index is 779. The van der Waals surface area contributed by atoms with Crippen LogP contribution in [-0.2, 0) is 22.4 Å². The number of unbranched alkanes of at least 4 members (excludes halogenated alkanes) is 1. The number of aryl methyl sites for hydroxylation is 2. The third-order valence-corrected chi connectivity index (χ3v) is 4.00. The van der Waals surface area contributed by atoms with Gasteiger partial charge in [-0.05, 0) is 61.1 Å². The molecule has 0 amide bonds. The zero-order valence-corrected chi connectivity index (χ0v) is 14.8. The van der Waals surface area contributed by atoms with E-state index in [-0.39, 0.29) is 0 Å². The molecule has 0 bridgehead atoms. The first kappa shape index (κ1) is 19.1. The van der Waals surface area contributed by atoms with Gasteiger partial charge in [-0.15, -0.1) is 0 Å². The van der Waals surface area contributed by atoms with Crippen LogP contribution < -0.4 is 9.47 Å². The van der Waals surface area contributed by atoms with Gasteiger partial charge in [0.2, 0.25) is 12.2 Å². The van der Waals surface area contributed by atoms with E-state index in [1.165, 1.54) is 12.2 Å². The molecule has 2 aromatic carbocycles. The van der Waals surface area contributed by atoms with Crippen LogP contribution in [-0.4, -0.2) is 26.4 Å². The summed E-state index contributed by atoms with van der Waals surface area (Å²) >= 11 is 0. The highest BCUT2D eigenvalue weighted by Crippen LogP contribution is 2.30. The number of ether oxygens (including phenoxy) is 2. The van der Waals surface area contributed by atoms with Gasteiger partial charge >= 0.3 is 0 Å². The number of isocyanates is 2. The lowest BCUT2D eigenvalue weighted by molar-refractivity contribution is 0.415. The van der Waals surface area contributed by atoms with Crippen LogP contribution in [0.25, 0.3) is 0 Å². The van der Waals surface area contributed by atoms with Crippen molar-refractivity contribution in [2.24, 2.45) is 9.98 Å². The molecule has 0 aliphatic carbocycles. The van der Waals surface area contributed by atoms with Crippen molar-refractivity contribution < 1.29 is 19.1 Å². The van der Waals surface area contributed by atoms with Crippen molar-refractivity contribution in [2.75, 3.05) is 14.2 Å². The average Bonchev–Trinajstić information content (AvgIpc) is 2.67. The monoisotopic (exact) mass is 352 g/mol. The Hall–Kier alpha value is -3.20. The van der Waals surface area contributed by atoms with Gasteiger partial charge in [0.25, 0.3) is 0 Å². The Morgan fingerprint density at radius 3 is 1.54 bits per heavy atom. The van der Waals surface area contributed by atoms with Crippen molar-refractivity contribution in [1.29, 1.82) is 0 Å². The number of hydrogen-bond acceptors (Lipinski definition) is 6. The van der Waals surface area contributed by atoms with Crippen molar-refractivity contribution in [3.05, 3.63) is 47.5 Å². The van der Waals surface area contributed by atoms with Crippen LogP contribution >= 0.6 is 0 Å². The number of methoxy groups -OCH3 is 2. The first-order chi connectivity index (χ1) is 12.7. The number of nitrogens with zero attached hydrogens (tertiary/aromatic N) is 2. The Morgan fingerprint density at radius 1 is 0.769 bits per heavy atom. The molecule has 0 aliphatic heterocycles. The van der Waals surface area contributed by atoms with Crippen LogP contribution in [0.1, 0.15) is 24.0 Å². The van der Waals surface area contributed by atoms with E-state index in [0.29, 0.717) is 22.9 Å². The molecule has 2 rings (SSSR count). The maximum atomic E-state index is 10.4. The molecule has 0 unspecified atom stereocenters. The van der Waals surface area contributed by atoms with E-state index in [1.807, 2.05) is 24.3 Å². The van der Waals surface area contributed by atoms with Crippen molar-refractivity contribution in [3.8, 4) is 11.5 Å². The van der Waals surface area contributed by atoms with Crippen LogP contribution in [0.4, 0.5) is 11.4 Å². The molecule has 0 aliphatic rings. The largest absolute Gasteiger partial charge is 0.494 e.